The molecule has 2 N–H and O–H groups in total. The van der Waals surface area contributed by atoms with E-state index in [0.717, 1.165) is 30.2 Å². The van der Waals surface area contributed by atoms with Crippen LogP contribution in [-0.2, 0) is 0 Å². The molecule has 1 aromatic rings. The van der Waals surface area contributed by atoms with Crippen LogP contribution in [-0.4, -0.2) is 36.0 Å². The van der Waals surface area contributed by atoms with E-state index in [1.807, 2.05) is 24.8 Å². The van der Waals surface area contributed by atoms with Crippen molar-refractivity contribution < 1.29 is 4.39 Å². The highest BCUT2D eigenvalue weighted by Crippen LogP contribution is 2.26. The molecule has 1 atom stereocenters. The minimum Gasteiger partial charge on any atom is -0.329 e. The Balaban J connectivity index is 2.21. The molecule has 1 heterocycles. The molecule has 0 amide bonds. The smallest absolute Gasteiger partial charge is 0.123 e. The third-order valence-electron chi connectivity index (χ3n) is 3.30. The van der Waals surface area contributed by atoms with E-state index in [0.29, 0.717) is 6.54 Å². The molecule has 0 bridgehead atoms. The average Bonchev–Trinajstić information content (AvgIpc) is 2.34. The summed E-state index contributed by atoms with van der Waals surface area (Å²) in [4.78, 5) is 2.41. The van der Waals surface area contributed by atoms with Gasteiger partial charge < -0.3 is 5.73 Å². The lowest BCUT2D eigenvalue weighted by molar-refractivity contribution is 0.222. The van der Waals surface area contributed by atoms with E-state index in [9.17, 15) is 4.39 Å². The van der Waals surface area contributed by atoms with E-state index >= 15 is 0 Å². The van der Waals surface area contributed by atoms with E-state index in [1.165, 1.54) is 11.6 Å². The van der Waals surface area contributed by atoms with Gasteiger partial charge in [-0.3, -0.25) is 4.90 Å². The van der Waals surface area contributed by atoms with Crippen LogP contribution in [0.15, 0.2) is 18.2 Å². The molecule has 2 nitrogen and oxygen atoms in total. The maximum atomic E-state index is 13.1. The van der Waals surface area contributed by atoms with Crippen LogP contribution in [0.3, 0.4) is 0 Å². The molecule has 2 rings (SSSR count). The van der Waals surface area contributed by atoms with Crippen molar-refractivity contribution in [2.75, 3.05) is 31.1 Å². The van der Waals surface area contributed by atoms with E-state index in [4.69, 9.17) is 5.73 Å². The molecule has 0 aliphatic carbocycles. The van der Waals surface area contributed by atoms with Gasteiger partial charge in [-0.25, -0.2) is 4.39 Å². The van der Waals surface area contributed by atoms with Crippen LogP contribution in [0.5, 0.6) is 0 Å². The van der Waals surface area contributed by atoms with Crippen molar-refractivity contribution in [3.8, 4) is 0 Å². The topological polar surface area (TPSA) is 29.3 Å². The Kier molecular flexibility index (Phi) is 4.42. The van der Waals surface area contributed by atoms with Crippen molar-refractivity contribution in [1.29, 1.82) is 0 Å². The SMILES string of the molecule is Cc1cc(F)ccc1C(CN)N1CCSCC1. The summed E-state index contributed by atoms with van der Waals surface area (Å²) in [6, 6.07) is 5.24. The second-order valence-electron chi connectivity index (χ2n) is 4.40. The van der Waals surface area contributed by atoms with Crippen molar-refractivity contribution >= 4 is 11.8 Å². The van der Waals surface area contributed by atoms with Gasteiger partial charge in [-0.1, -0.05) is 6.07 Å². The maximum absolute atomic E-state index is 13.1. The fourth-order valence-electron chi connectivity index (χ4n) is 2.37. The first-order chi connectivity index (χ1) is 8.22. The quantitative estimate of drug-likeness (QED) is 0.896. The zero-order valence-electron chi connectivity index (χ0n) is 10.2. The Morgan fingerprint density at radius 2 is 2.12 bits per heavy atom. The lowest BCUT2D eigenvalue weighted by atomic mass is 9.99. The first-order valence-corrected chi connectivity index (χ1v) is 7.15. The highest BCUT2D eigenvalue weighted by atomic mass is 32.2. The minimum absolute atomic E-state index is 0.170. The Morgan fingerprint density at radius 3 is 2.71 bits per heavy atom. The first kappa shape index (κ1) is 12.9. The summed E-state index contributed by atoms with van der Waals surface area (Å²) in [5.74, 6) is 2.16. The predicted octanol–water partition coefficient (Wildman–Crippen LogP) is 2.18. The van der Waals surface area contributed by atoms with Crippen molar-refractivity contribution in [2.24, 2.45) is 5.73 Å². The molecule has 0 spiro atoms. The van der Waals surface area contributed by atoms with Crippen LogP contribution in [0, 0.1) is 12.7 Å². The number of aryl methyl sites for hydroxylation is 1. The third-order valence-corrected chi connectivity index (χ3v) is 4.24. The Labute approximate surface area is 106 Å². The lowest BCUT2D eigenvalue weighted by Crippen LogP contribution is -2.39. The Morgan fingerprint density at radius 1 is 1.41 bits per heavy atom. The highest BCUT2D eigenvalue weighted by Gasteiger charge is 2.22. The summed E-state index contributed by atoms with van der Waals surface area (Å²) in [6.07, 6.45) is 0. The van der Waals surface area contributed by atoms with Crippen molar-refractivity contribution in [3.63, 3.8) is 0 Å². The second-order valence-corrected chi connectivity index (χ2v) is 5.63. The molecule has 0 saturated carbocycles. The molecule has 4 heteroatoms. The maximum Gasteiger partial charge on any atom is 0.123 e. The van der Waals surface area contributed by atoms with Gasteiger partial charge in [0, 0.05) is 37.2 Å². The number of nitrogens with zero attached hydrogens (tertiary/aromatic N) is 1. The van der Waals surface area contributed by atoms with Gasteiger partial charge in [0.25, 0.3) is 0 Å². The van der Waals surface area contributed by atoms with Crippen molar-refractivity contribution in [1.82, 2.24) is 4.90 Å². The van der Waals surface area contributed by atoms with E-state index in [1.54, 1.807) is 6.07 Å². The molecule has 1 aliphatic heterocycles. The number of hydrogen-bond acceptors (Lipinski definition) is 3. The van der Waals surface area contributed by atoms with Gasteiger partial charge in [-0.15, -0.1) is 0 Å². The minimum atomic E-state index is -0.170. The molecule has 0 radical (unpaired) electrons. The van der Waals surface area contributed by atoms with E-state index in [2.05, 4.69) is 4.90 Å². The normalized spacial score (nSPS) is 19.2. The zero-order chi connectivity index (χ0) is 12.3. The number of halogens is 1. The lowest BCUT2D eigenvalue weighted by Gasteiger charge is -2.34. The van der Waals surface area contributed by atoms with Crippen LogP contribution in [0.25, 0.3) is 0 Å². The second kappa shape index (κ2) is 5.85. The largest absolute Gasteiger partial charge is 0.329 e. The number of benzene rings is 1. The summed E-state index contributed by atoms with van der Waals surface area (Å²) >= 11 is 1.99. The fraction of sp³-hybridized carbons (Fsp3) is 0.538. The summed E-state index contributed by atoms with van der Waals surface area (Å²) in [5.41, 5.74) is 8.07. The summed E-state index contributed by atoms with van der Waals surface area (Å²) < 4.78 is 13.1. The van der Waals surface area contributed by atoms with Gasteiger partial charge in [0.05, 0.1) is 0 Å². The van der Waals surface area contributed by atoms with Crippen LogP contribution in [0.2, 0.25) is 0 Å². The summed E-state index contributed by atoms with van der Waals surface area (Å²) in [6.45, 7) is 4.70. The van der Waals surface area contributed by atoms with Gasteiger partial charge in [0.2, 0.25) is 0 Å². The molecule has 17 heavy (non-hydrogen) atoms. The Bertz CT molecular complexity index is 378. The zero-order valence-corrected chi connectivity index (χ0v) is 11.0. The fourth-order valence-corrected chi connectivity index (χ4v) is 3.31. The molecule has 1 fully saturated rings. The summed E-state index contributed by atoms with van der Waals surface area (Å²) in [7, 11) is 0. The van der Waals surface area contributed by atoms with Crippen LogP contribution in [0.1, 0.15) is 17.2 Å². The molecule has 94 valence electrons. The molecule has 1 unspecified atom stereocenters. The molecular weight excluding hydrogens is 235 g/mol. The molecule has 1 saturated heterocycles. The van der Waals surface area contributed by atoms with Crippen LogP contribution in [0.4, 0.5) is 4.39 Å². The monoisotopic (exact) mass is 254 g/mol. The van der Waals surface area contributed by atoms with E-state index in [-0.39, 0.29) is 11.9 Å². The first-order valence-electron chi connectivity index (χ1n) is 6.00. The predicted molar refractivity (Wildman–Crippen MR) is 71.8 cm³/mol. The van der Waals surface area contributed by atoms with Crippen molar-refractivity contribution in [2.45, 2.75) is 13.0 Å². The molecule has 0 aromatic heterocycles. The molecule has 1 aliphatic rings. The number of rotatable bonds is 3. The van der Waals surface area contributed by atoms with Gasteiger partial charge >= 0.3 is 0 Å². The number of hydrogen-bond donors (Lipinski definition) is 1. The highest BCUT2D eigenvalue weighted by molar-refractivity contribution is 7.99. The molecular formula is C13H19FN2S. The number of thioether (sulfide) groups is 1. The van der Waals surface area contributed by atoms with Gasteiger partial charge in [-0.2, -0.15) is 11.8 Å². The van der Waals surface area contributed by atoms with Crippen LogP contribution < -0.4 is 5.73 Å². The standard InChI is InChI=1S/C13H19FN2S/c1-10-8-11(14)2-3-12(10)13(9-15)16-4-6-17-7-5-16/h2-3,8,13H,4-7,9,15H2,1H3. The van der Waals surface area contributed by atoms with Gasteiger partial charge in [0.1, 0.15) is 5.82 Å². The number of nitrogens with two attached hydrogens (primary N) is 1. The van der Waals surface area contributed by atoms with Crippen molar-refractivity contribution in [3.05, 3.63) is 35.1 Å². The molecule has 1 aromatic carbocycles. The average molecular weight is 254 g/mol. The third kappa shape index (κ3) is 3.00. The van der Waals surface area contributed by atoms with E-state index < -0.39 is 0 Å². The van der Waals surface area contributed by atoms with Crippen LogP contribution >= 0.6 is 11.8 Å². The summed E-state index contributed by atoms with van der Waals surface area (Å²) in [5, 5.41) is 0. The van der Waals surface area contributed by atoms with Gasteiger partial charge in [0.15, 0.2) is 0 Å². The van der Waals surface area contributed by atoms with Gasteiger partial charge in [-0.05, 0) is 30.2 Å². The Hall–Kier alpha value is -0.580.